The summed E-state index contributed by atoms with van der Waals surface area (Å²) in [6.45, 7) is 5.04. The van der Waals surface area contributed by atoms with E-state index in [1.807, 2.05) is 25.8 Å². The van der Waals surface area contributed by atoms with E-state index in [1.165, 1.54) is 12.1 Å². The largest absolute Gasteiger partial charge is 0.474 e. The number of hydrogen-bond donors (Lipinski definition) is 1. The van der Waals surface area contributed by atoms with Crippen molar-refractivity contribution in [3.63, 3.8) is 0 Å². The summed E-state index contributed by atoms with van der Waals surface area (Å²) in [4.78, 5) is 36.9. The molecule has 12 heteroatoms. The highest BCUT2D eigenvalue weighted by molar-refractivity contribution is 6.11. The lowest BCUT2D eigenvalue weighted by molar-refractivity contribution is -0.124. The number of carbonyl (C=O) groups is 2. The second-order valence-corrected chi connectivity index (χ2v) is 11.5. The Morgan fingerprint density at radius 1 is 1.07 bits per heavy atom. The number of nitrogens with zero attached hydrogens (tertiary/aromatic N) is 4. The van der Waals surface area contributed by atoms with Gasteiger partial charge in [-0.25, -0.2) is 14.4 Å². The highest BCUT2D eigenvalue weighted by Crippen LogP contribution is 2.40. The molecule has 1 N–H and O–H groups in total. The minimum atomic E-state index is -4.93. The zero-order valence-electron chi connectivity index (χ0n) is 24.3. The number of nitrogens with one attached hydrogen (secondary N) is 1. The van der Waals surface area contributed by atoms with Gasteiger partial charge in [0.15, 0.2) is 0 Å². The lowest BCUT2D eigenvalue weighted by Gasteiger charge is -2.44. The SMILES string of the molecule is C[C@@H]1CN(c2cc(F)c(-c3cccnc3OC3CCCCC3)cc2NC(=O)C2C=NC(=O)C=C2C(F)(F)F)C[C@H](C)N1C. The Labute approximate surface area is 247 Å². The number of halogens is 4. The summed E-state index contributed by atoms with van der Waals surface area (Å²) >= 11 is 0. The topological polar surface area (TPSA) is 87.1 Å². The molecule has 1 aliphatic carbocycles. The lowest BCUT2D eigenvalue weighted by Crippen LogP contribution is -2.55. The third-order valence-corrected chi connectivity index (χ3v) is 8.51. The second kappa shape index (κ2) is 12.4. The Morgan fingerprint density at radius 2 is 1.77 bits per heavy atom. The molecule has 2 aliphatic heterocycles. The first-order valence-electron chi connectivity index (χ1n) is 14.5. The number of piperazine rings is 1. The first-order valence-corrected chi connectivity index (χ1v) is 14.5. The Hall–Kier alpha value is -3.80. The minimum Gasteiger partial charge on any atom is -0.474 e. The zero-order chi connectivity index (χ0) is 30.9. The second-order valence-electron chi connectivity index (χ2n) is 11.5. The van der Waals surface area contributed by atoms with Gasteiger partial charge in [0.1, 0.15) is 17.8 Å². The van der Waals surface area contributed by atoms with Gasteiger partial charge in [0.25, 0.3) is 5.91 Å². The quantitative estimate of drug-likeness (QED) is 0.423. The third kappa shape index (κ3) is 6.74. The predicted molar refractivity (Wildman–Crippen MR) is 156 cm³/mol. The highest BCUT2D eigenvalue weighted by Gasteiger charge is 2.43. The van der Waals surface area contributed by atoms with E-state index in [-0.39, 0.29) is 35.3 Å². The fourth-order valence-electron chi connectivity index (χ4n) is 5.93. The van der Waals surface area contributed by atoms with Crippen LogP contribution in [0.2, 0.25) is 0 Å². The average Bonchev–Trinajstić information content (AvgIpc) is 2.96. The van der Waals surface area contributed by atoms with Crippen molar-refractivity contribution in [1.82, 2.24) is 9.88 Å². The van der Waals surface area contributed by atoms with E-state index in [0.717, 1.165) is 32.1 Å². The van der Waals surface area contributed by atoms with Crippen LogP contribution in [0.5, 0.6) is 5.88 Å². The van der Waals surface area contributed by atoms with Crippen molar-refractivity contribution in [1.29, 1.82) is 0 Å². The maximum Gasteiger partial charge on any atom is 0.414 e. The van der Waals surface area contributed by atoms with Crippen LogP contribution in [-0.4, -0.2) is 72.4 Å². The normalized spacial score (nSPS) is 23.7. The van der Waals surface area contributed by atoms with Crippen LogP contribution in [-0.2, 0) is 9.59 Å². The molecular weight excluding hydrogens is 566 g/mol. The van der Waals surface area contributed by atoms with Gasteiger partial charge < -0.3 is 15.0 Å². The van der Waals surface area contributed by atoms with Gasteiger partial charge >= 0.3 is 6.18 Å². The summed E-state index contributed by atoms with van der Waals surface area (Å²) in [5.74, 6) is -4.33. The van der Waals surface area contributed by atoms with E-state index in [9.17, 15) is 22.8 Å². The number of carbonyl (C=O) groups excluding carboxylic acids is 2. The summed E-state index contributed by atoms with van der Waals surface area (Å²) in [6, 6.07) is 6.20. The van der Waals surface area contributed by atoms with Crippen molar-refractivity contribution in [2.24, 2.45) is 10.9 Å². The maximum atomic E-state index is 16.0. The molecule has 1 aromatic carbocycles. The number of pyridine rings is 1. The molecule has 1 aromatic heterocycles. The van der Waals surface area contributed by atoms with Crippen LogP contribution in [0, 0.1) is 11.7 Å². The first-order chi connectivity index (χ1) is 20.4. The standard InChI is InChI=1S/C31H35F4N5O3/c1-18-16-40(17-19(2)39(18)3)27-14-25(32)22(21-10-7-11-36-30(21)43-20-8-5-4-6-9-20)12-26(27)38-29(42)23-15-37-28(41)13-24(23)31(33,34)35/h7,10-15,18-20,23H,4-6,8-9,16-17H2,1-3H3,(H,38,42)/t18-,19+,23?. The van der Waals surface area contributed by atoms with Gasteiger partial charge in [0.2, 0.25) is 11.8 Å². The molecule has 3 heterocycles. The van der Waals surface area contributed by atoms with Gasteiger partial charge in [-0.05, 0) is 70.8 Å². The molecule has 8 nitrogen and oxygen atoms in total. The van der Waals surface area contributed by atoms with E-state index in [0.29, 0.717) is 36.6 Å². The number of amides is 2. The van der Waals surface area contributed by atoms with E-state index in [2.05, 4.69) is 20.2 Å². The molecule has 43 heavy (non-hydrogen) atoms. The van der Waals surface area contributed by atoms with Crippen molar-refractivity contribution in [2.45, 2.75) is 70.3 Å². The molecule has 2 fully saturated rings. The van der Waals surface area contributed by atoms with E-state index in [4.69, 9.17) is 4.74 Å². The van der Waals surface area contributed by atoms with Gasteiger partial charge in [0.05, 0.1) is 16.9 Å². The number of hydrogen-bond acceptors (Lipinski definition) is 6. The number of alkyl halides is 3. The number of rotatable bonds is 6. The number of ether oxygens (including phenoxy) is 1. The van der Waals surface area contributed by atoms with E-state index >= 15 is 4.39 Å². The number of likely N-dealkylation sites (N-methyl/N-ethyl adjacent to an activating group) is 1. The molecule has 1 unspecified atom stereocenters. The van der Waals surface area contributed by atoms with Crippen molar-refractivity contribution < 1.29 is 31.9 Å². The zero-order valence-corrected chi connectivity index (χ0v) is 24.3. The number of anilines is 2. The Kier molecular flexibility index (Phi) is 8.86. The molecule has 5 rings (SSSR count). The van der Waals surface area contributed by atoms with Crippen LogP contribution in [0.1, 0.15) is 46.0 Å². The minimum absolute atomic E-state index is 0.0573. The molecule has 0 radical (unpaired) electrons. The molecule has 3 aliphatic rings. The summed E-state index contributed by atoms with van der Waals surface area (Å²) in [6.07, 6.45) is 2.50. The smallest absolute Gasteiger partial charge is 0.414 e. The summed E-state index contributed by atoms with van der Waals surface area (Å²) in [5.41, 5.74) is -0.391. The molecule has 3 atom stereocenters. The van der Waals surface area contributed by atoms with Crippen molar-refractivity contribution >= 4 is 29.4 Å². The van der Waals surface area contributed by atoms with Crippen LogP contribution in [0.25, 0.3) is 11.1 Å². The fourth-order valence-corrected chi connectivity index (χ4v) is 5.93. The highest BCUT2D eigenvalue weighted by atomic mass is 19.4. The van der Waals surface area contributed by atoms with Gasteiger partial charge in [-0.1, -0.05) is 6.42 Å². The average molecular weight is 602 g/mol. The molecule has 0 bridgehead atoms. The summed E-state index contributed by atoms with van der Waals surface area (Å²) < 4.78 is 63.6. The molecular formula is C31H35F4N5O3. The molecule has 1 saturated heterocycles. The van der Waals surface area contributed by atoms with Crippen LogP contribution < -0.4 is 15.0 Å². The molecule has 230 valence electrons. The van der Waals surface area contributed by atoms with Crippen LogP contribution in [0.15, 0.2) is 47.1 Å². The lowest BCUT2D eigenvalue weighted by atomic mass is 9.95. The van der Waals surface area contributed by atoms with Crippen LogP contribution >= 0.6 is 0 Å². The van der Waals surface area contributed by atoms with Gasteiger partial charge in [-0.15, -0.1) is 0 Å². The molecule has 1 saturated carbocycles. The van der Waals surface area contributed by atoms with Crippen molar-refractivity contribution in [3.05, 3.63) is 47.9 Å². The van der Waals surface area contributed by atoms with Crippen LogP contribution in [0.4, 0.5) is 28.9 Å². The van der Waals surface area contributed by atoms with E-state index < -0.39 is 35.3 Å². The van der Waals surface area contributed by atoms with Gasteiger partial charge in [0, 0.05) is 54.8 Å². The summed E-state index contributed by atoms with van der Waals surface area (Å²) in [5, 5.41) is 2.61. The third-order valence-electron chi connectivity index (χ3n) is 8.51. The predicted octanol–water partition coefficient (Wildman–Crippen LogP) is 5.78. The van der Waals surface area contributed by atoms with Crippen molar-refractivity contribution in [2.75, 3.05) is 30.4 Å². The number of aromatic nitrogens is 1. The fraction of sp³-hybridized carbons (Fsp3) is 0.484. The Morgan fingerprint density at radius 3 is 2.44 bits per heavy atom. The number of benzene rings is 1. The molecule has 2 aromatic rings. The Bertz CT molecular complexity index is 1420. The van der Waals surface area contributed by atoms with Crippen LogP contribution in [0.3, 0.4) is 0 Å². The summed E-state index contributed by atoms with van der Waals surface area (Å²) in [7, 11) is 1.99. The number of dihydropyridines is 1. The van der Waals surface area contributed by atoms with Gasteiger partial charge in [-0.2, -0.15) is 13.2 Å². The Balaban J connectivity index is 1.55. The van der Waals surface area contributed by atoms with Crippen molar-refractivity contribution in [3.8, 4) is 17.0 Å². The molecule has 0 spiro atoms. The monoisotopic (exact) mass is 601 g/mol. The first kappa shape index (κ1) is 30.7. The van der Waals surface area contributed by atoms with Gasteiger partial charge in [-0.3, -0.25) is 14.5 Å². The molecule has 2 amide bonds. The van der Waals surface area contributed by atoms with E-state index in [1.54, 1.807) is 18.3 Å². The number of aliphatic imine (C=N–C) groups is 1. The maximum absolute atomic E-state index is 16.0.